The van der Waals surface area contributed by atoms with Gasteiger partial charge in [0, 0.05) is 25.2 Å². The highest BCUT2D eigenvalue weighted by Crippen LogP contribution is 2.29. The highest BCUT2D eigenvalue weighted by atomic mass is 32.1. The molecule has 86 valence electrons. The molecule has 5 nitrogen and oxygen atoms in total. The van der Waals surface area contributed by atoms with Crippen molar-refractivity contribution in [1.82, 2.24) is 19.8 Å². The number of carbonyl (C=O) groups excluding carboxylic acids is 1. The summed E-state index contributed by atoms with van der Waals surface area (Å²) in [7, 11) is 0. The molecule has 1 amide bonds. The fourth-order valence-electron chi connectivity index (χ4n) is 2.20. The van der Waals surface area contributed by atoms with E-state index in [2.05, 4.69) is 19.8 Å². The minimum Gasteiger partial charge on any atom is -0.347 e. The van der Waals surface area contributed by atoms with E-state index in [1.807, 2.05) is 0 Å². The molecule has 1 aromatic heterocycles. The van der Waals surface area contributed by atoms with E-state index in [1.165, 1.54) is 19.0 Å². The molecule has 1 saturated carbocycles. The topological polar surface area (TPSA) is 58.1 Å². The number of rotatable bonds is 3. The number of likely N-dealkylation sites (tertiary alicyclic amines) is 1. The summed E-state index contributed by atoms with van der Waals surface area (Å²) in [5.74, 6) is -0.0300. The van der Waals surface area contributed by atoms with Gasteiger partial charge in [0.25, 0.3) is 5.91 Å². The molecule has 1 saturated heterocycles. The Morgan fingerprint density at radius 3 is 3.06 bits per heavy atom. The summed E-state index contributed by atoms with van der Waals surface area (Å²) in [5, 5.41) is 6.71. The minimum absolute atomic E-state index is 0.0300. The summed E-state index contributed by atoms with van der Waals surface area (Å²) in [6.45, 7) is 2.12. The lowest BCUT2D eigenvalue weighted by molar-refractivity contribution is 0.0941. The van der Waals surface area contributed by atoms with Crippen LogP contribution < -0.4 is 5.32 Å². The molecular formula is C10H14N4OS. The van der Waals surface area contributed by atoms with Crippen molar-refractivity contribution in [2.75, 3.05) is 13.1 Å². The van der Waals surface area contributed by atoms with Crippen LogP contribution in [-0.4, -0.2) is 45.6 Å². The van der Waals surface area contributed by atoms with Gasteiger partial charge in [-0.15, -0.1) is 5.10 Å². The van der Waals surface area contributed by atoms with Crippen molar-refractivity contribution in [2.45, 2.75) is 31.3 Å². The van der Waals surface area contributed by atoms with Gasteiger partial charge in [0.1, 0.15) is 4.88 Å². The Balaban J connectivity index is 1.53. The lowest BCUT2D eigenvalue weighted by Gasteiger charge is -2.15. The molecule has 1 unspecified atom stereocenters. The molecule has 1 atom stereocenters. The first-order valence-electron chi connectivity index (χ1n) is 5.65. The number of amides is 1. The Bertz CT molecular complexity index is 376. The molecule has 3 rings (SSSR count). The molecule has 6 heteroatoms. The molecule has 0 radical (unpaired) electrons. The van der Waals surface area contributed by atoms with Gasteiger partial charge >= 0.3 is 0 Å². The van der Waals surface area contributed by atoms with E-state index in [1.54, 1.807) is 0 Å². The molecule has 0 aromatic carbocycles. The second-order valence-corrected chi connectivity index (χ2v) is 5.25. The molecule has 0 spiro atoms. The molecule has 1 N–H and O–H groups in total. The van der Waals surface area contributed by atoms with Crippen molar-refractivity contribution >= 4 is 17.4 Å². The third-order valence-corrected chi connectivity index (χ3v) is 3.87. The SMILES string of the molecule is O=C(NC1CCN(C2CC2)C1)c1cnns1. The van der Waals surface area contributed by atoms with Crippen molar-refractivity contribution in [1.29, 1.82) is 0 Å². The second-order valence-electron chi connectivity index (χ2n) is 4.47. The van der Waals surface area contributed by atoms with Gasteiger partial charge < -0.3 is 5.32 Å². The summed E-state index contributed by atoms with van der Waals surface area (Å²) < 4.78 is 3.69. The first kappa shape index (κ1) is 10.2. The average molecular weight is 238 g/mol. The van der Waals surface area contributed by atoms with E-state index in [-0.39, 0.29) is 5.91 Å². The van der Waals surface area contributed by atoms with Crippen LogP contribution in [-0.2, 0) is 0 Å². The van der Waals surface area contributed by atoms with Gasteiger partial charge in [-0.1, -0.05) is 4.49 Å². The zero-order valence-electron chi connectivity index (χ0n) is 8.93. The predicted molar refractivity (Wildman–Crippen MR) is 60.4 cm³/mol. The summed E-state index contributed by atoms with van der Waals surface area (Å²) in [5.41, 5.74) is 0. The maximum absolute atomic E-state index is 11.8. The molecule has 2 aliphatic rings. The summed E-state index contributed by atoms with van der Waals surface area (Å²) in [6, 6.07) is 1.10. The molecule has 16 heavy (non-hydrogen) atoms. The lowest BCUT2D eigenvalue weighted by Crippen LogP contribution is -2.37. The first-order chi connectivity index (χ1) is 7.83. The van der Waals surface area contributed by atoms with Crippen molar-refractivity contribution < 1.29 is 4.79 Å². The third-order valence-electron chi connectivity index (χ3n) is 3.20. The third kappa shape index (κ3) is 2.08. The van der Waals surface area contributed by atoms with Crippen LogP contribution in [0.4, 0.5) is 0 Å². The number of nitrogens with one attached hydrogen (secondary N) is 1. The smallest absolute Gasteiger partial charge is 0.264 e. The van der Waals surface area contributed by atoms with Crippen LogP contribution in [0.1, 0.15) is 28.9 Å². The molecule has 1 aliphatic carbocycles. The van der Waals surface area contributed by atoms with Crippen LogP contribution in [0.3, 0.4) is 0 Å². The number of nitrogens with zero attached hydrogens (tertiary/aromatic N) is 3. The summed E-state index contributed by atoms with van der Waals surface area (Å²) >= 11 is 1.15. The fraction of sp³-hybridized carbons (Fsp3) is 0.700. The van der Waals surface area contributed by atoms with Crippen LogP contribution in [0.2, 0.25) is 0 Å². The van der Waals surface area contributed by atoms with E-state index in [9.17, 15) is 4.79 Å². The van der Waals surface area contributed by atoms with Crippen molar-refractivity contribution in [3.63, 3.8) is 0 Å². The van der Waals surface area contributed by atoms with Gasteiger partial charge in [-0.25, -0.2) is 0 Å². The van der Waals surface area contributed by atoms with E-state index in [4.69, 9.17) is 0 Å². The van der Waals surface area contributed by atoms with Crippen LogP contribution in [0, 0.1) is 0 Å². The van der Waals surface area contributed by atoms with Crippen LogP contribution in [0.25, 0.3) is 0 Å². The minimum atomic E-state index is -0.0300. The Kier molecular flexibility index (Phi) is 2.61. The lowest BCUT2D eigenvalue weighted by atomic mass is 10.2. The average Bonchev–Trinajstić information content (AvgIpc) is 2.82. The van der Waals surface area contributed by atoms with Crippen molar-refractivity contribution in [3.8, 4) is 0 Å². The quantitative estimate of drug-likeness (QED) is 0.833. The number of aromatic nitrogens is 2. The van der Waals surface area contributed by atoms with Crippen molar-refractivity contribution in [2.24, 2.45) is 0 Å². The second kappa shape index (κ2) is 4.10. The fourth-order valence-corrected chi connectivity index (χ4v) is 2.62. The summed E-state index contributed by atoms with van der Waals surface area (Å²) in [4.78, 5) is 14.8. The van der Waals surface area contributed by atoms with Crippen LogP contribution >= 0.6 is 11.5 Å². The normalized spacial score (nSPS) is 25.9. The summed E-state index contributed by atoms with van der Waals surface area (Å²) in [6.07, 6.45) is 5.25. The maximum atomic E-state index is 11.8. The molecular weight excluding hydrogens is 224 g/mol. The molecule has 1 aliphatic heterocycles. The predicted octanol–water partition coefficient (Wildman–Crippen LogP) is 0.505. The number of hydrogen-bond acceptors (Lipinski definition) is 5. The molecule has 2 fully saturated rings. The zero-order valence-corrected chi connectivity index (χ0v) is 9.74. The van der Waals surface area contributed by atoms with Gasteiger partial charge in [-0.3, -0.25) is 9.69 Å². The largest absolute Gasteiger partial charge is 0.347 e. The Morgan fingerprint density at radius 1 is 1.50 bits per heavy atom. The number of carbonyl (C=O) groups is 1. The highest BCUT2D eigenvalue weighted by molar-refractivity contribution is 7.07. The Morgan fingerprint density at radius 2 is 2.38 bits per heavy atom. The Hall–Kier alpha value is -1.01. The van der Waals surface area contributed by atoms with E-state index < -0.39 is 0 Å². The number of hydrogen-bond donors (Lipinski definition) is 1. The van der Waals surface area contributed by atoms with E-state index in [0.717, 1.165) is 37.1 Å². The van der Waals surface area contributed by atoms with Crippen molar-refractivity contribution in [3.05, 3.63) is 11.1 Å². The van der Waals surface area contributed by atoms with Gasteiger partial charge in [0.15, 0.2) is 0 Å². The molecule has 1 aromatic rings. The van der Waals surface area contributed by atoms with Crippen LogP contribution in [0.5, 0.6) is 0 Å². The first-order valence-corrected chi connectivity index (χ1v) is 6.42. The zero-order chi connectivity index (χ0) is 11.0. The van der Waals surface area contributed by atoms with Gasteiger partial charge in [-0.2, -0.15) is 0 Å². The highest BCUT2D eigenvalue weighted by Gasteiger charge is 2.34. The van der Waals surface area contributed by atoms with Gasteiger partial charge in [0.05, 0.1) is 6.20 Å². The van der Waals surface area contributed by atoms with Gasteiger partial charge in [-0.05, 0) is 30.8 Å². The monoisotopic (exact) mass is 238 g/mol. The molecule has 2 heterocycles. The van der Waals surface area contributed by atoms with Gasteiger partial charge in [0.2, 0.25) is 0 Å². The van der Waals surface area contributed by atoms with Crippen LogP contribution in [0.15, 0.2) is 6.20 Å². The standard InChI is InChI=1S/C10H14N4OS/c15-10(9-5-11-13-16-9)12-7-3-4-14(6-7)8-1-2-8/h5,7-8H,1-4,6H2,(H,12,15). The van der Waals surface area contributed by atoms with E-state index in [0.29, 0.717) is 10.9 Å². The maximum Gasteiger partial charge on any atom is 0.264 e. The molecule has 0 bridgehead atoms. The Labute approximate surface area is 98.0 Å². The van der Waals surface area contributed by atoms with E-state index >= 15 is 0 Å².